The highest BCUT2D eigenvalue weighted by atomic mass is 32.2. The van der Waals surface area contributed by atoms with E-state index in [0.29, 0.717) is 0 Å². The maximum Gasteiger partial charge on any atom is 0.460 e. The molecule has 0 saturated carbocycles. The van der Waals surface area contributed by atoms with Gasteiger partial charge in [-0.2, -0.15) is 74.3 Å². The van der Waals surface area contributed by atoms with Crippen LogP contribution in [0.2, 0.25) is 0 Å². The first kappa shape index (κ1) is 29.7. The molecule has 188 valence electrons. The van der Waals surface area contributed by atoms with Gasteiger partial charge in [0.25, 0.3) is 0 Å². The number of alkyl halides is 17. The van der Waals surface area contributed by atoms with Crippen LogP contribution >= 0.6 is 0 Å². The van der Waals surface area contributed by atoms with E-state index in [2.05, 4.69) is 4.18 Å². The van der Waals surface area contributed by atoms with Crippen molar-refractivity contribution in [3.63, 3.8) is 0 Å². The summed E-state index contributed by atoms with van der Waals surface area (Å²) in [5.41, 5.74) is 0. The first-order valence-corrected chi connectivity index (χ1v) is 8.06. The molecule has 0 aromatic rings. The van der Waals surface area contributed by atoms with E-state index in [1.165, 1.54) is 0 Å². The predicted molar refractivity (Wildman–Crippen MR) is 61.2 cm³/mol. The lowest BCUT2D eigenvalue weighted by molar-refractivity contribution is -0.440. The zero-order valence-electron chi connectivity index (χ0n) is 13.5. The molecule has 0 spiro atoms. The lowest BCUT2D eigenvalue weighted by Gasteiger charge is -2.39. The summed E-state index contributed by atoms with van der Waals surface area (Å²) in [5.74, 6) is -39.0. The molecule has 0 aromatic heterocycles. The van der Waals surface area contributed by atoms with Crippen molar-refractivity contribution in [1.82, 2.24) is 0 Å². The van der Waals surface area contributed by atoms with Crippen LogP contribution in [0.25, 0.3) is 0 Å². The summed E-state index contributed by atoms with van der Waals surface area (Å²) in [6.45, 7) is -2.81. The van der Waals surface area contributed by atoms with Crippen molar-refractivity contribution >= 4 is 10.1 Å². The van der Waals surface area contributed by atoms with Crippen molar-refractivity contribution in [1.29, 1.82) is 0 Å². The van der Waals surface area contributed by atoms with Gasteiger partial charge in [-0.3, -0.25) is 4.18 Å². The van der Waals surface area contributed by atoms with Crippen molar-refractivity contribution in [3.8, 4) is 0 Å². The van der Waals surface area contributed by atoms with E-state index >= 15 is 0 Å². The highest BCUT2D eigenvalue weighted by Crippen LogP contribution is 2.60. The van der Waals surface area contributed by atoms with Crippen molar-refractivity contribution in [3.05, 3.63) is 0 Å². The van der Waals surface area contributed by atoms with Crippen LogP contribution in [-0.4, -0.2) is 62.5 Å². The molecule has 0 heterocycles. The summed E-state index contributed by atoms with van der Waals surface area (Å²) in [7, 11) is -6.90. The van der Waals surface area contributed by atoms with Crippen LogP contribution in [0.5, 0.6) is 0 Å². The fourth-order valence-electron chi connectivity index (χ4n) is 1.43. The number of hydrogen-bond acceptors (Lipinski definition) is 3. The second-order valence-electron chi connectivity index (χ2n) is 5.39. The second-order valence-corrected chi connectivity index (χ2v) is 7.08. The van der Waals surface area contributed by atoms with E-state index in [0.717, 1.165) is 0 Å². The predicted octanol–water partition coefficient (Wildman–Crippen LogP) is 5.32. The smallest absolute Gasteiger partial charge is 0.265 e. The molecular weight excluding hydrogens is 523 g/mol. The van der Waals surface area contributed by atoms with Crippen molar-refractivity contribution in [2.75, 3.05) is 6.61 Å². The molecule has 0 amide bonds. The fourth-order valence-corrected chi connectivity index (χ4v) is 2.10. The van der Waals surface area contributed by atoms with E-state index in [9.17, 15) is 83.1 Å². The molecule has 0 rings (SSSR count). The third-order valence-electron chi connectivity index (χ3n) is 3.24. The van der Waals surface area contributed by atoms with Gasteiger partial charge in [0.1, 0.15) is 0 Å². The molecule has 0 aliphatic carbocycles. The Bertz CT molecular complexity index is 738. The molecule has 0 N–H and O–H groups in total. The van der Waals surface area contributed by atoms with Crippen LogP contribution in [0.4, 0.5) is 74.6 Å². The molecule has 21 heteroatoms. The molecule has 0 saturated heterocycles. The molecule has 0 aromatic carbocycles. The van der Waals surface area contributed by atoms with Gasteiger partial charge in [0.05, 0.1) is 6.61 Å². The zero-order valence-corrected chi connectivity index (χ0v) is 14.4. The minimum atomic E-state index is -8.22. The van der Waals surface area contributed by atoms with Crippen molar-refractivity contribution in [2.24, 2.45) is 0 Å². The lowest BCUT2D eigenvalue weighted by Crippen LogP contribution is -2.70. The summed E-state index contributed by atoms with van der Waals surface area (Å²) >= 11 is 0. The van der Waals surface area contributed by atoms with Crippen molar-refractivity contribution < 1.29 is 87.2 Å². The van der Waals surface area contributed by atoms with Gasteiger partial charge in [-0.05, 0) is 0 Å². The summed E-state index contributed by atoms with van der Waals surface area (Å²) in [5, 5.41) is -6.16. The first-order valence-electron chi connectivity index (χ1n) is 6.66. The monoisotopic (exact) mass is 528 g/mol. The van der Waals surface area contributed by atoms with E-state index in [-0.39, 0.29) is 0 Å². The van der Waals surface area contributed by atoms with Gasteiger partial charge in [-0.1, -0.05) is 0 Å². The van der Waals surface area contributed by atoms with Crippen LogP contribution in [-0.2, 0) is 14.3 Å². The third kappa shape index (κ3) is 4.61. The molecule has 0 atom stereocenters. The second kappa shape index (κ2) is 7.94. The van der Waals surface area contributed by atoms with Crippen LogP contribution in [0.15, 0.2) is 0 Å². The number of rotatable bonds is 10. The van der Waals surface area contributed by atoms with Gasteiger partial charge in [-0.25, -0.2) is 8.78 Å². The molecule has 0 unspecified atom stereocenters. The number of hydrogen-bond donors (Lipinski definition) is 0. The van der Waals surface area contributed by atoms with Crippen LogP contribution in [0.1, 0.15) is 6.42 Å². The van der Waals surface area contributed by atoms with Crippen LogP contribution in [0, 0.1) is 0 Å². The Labute approximate surface area is 159 Å². The van der Waals surface area contributed by atoms with Gasteiger partial charge >= 0.3 is 57.6 Å². The van der Waals surface area contributed by atoms with Crippen LogP contribution < -0.4 is 0 Å². The van der Waals surface area contributed by atoms with Gasteiger partial charge in [0, 0.05) is 6.42 Å². The average molecular weight is 528 g/mol. The molecule has 31 heavy (non-hydrogen) atoms. The standard InChI is InChI=1S/C10H5F17O3S/c11-3(12)5(15,16)31(28,29)30-2-1-4(13,14)6(17,18)7(19,20)8(21,22)9(23,24)10(25,26)27/h3H,1-2H2. The topological polar surface area (TPSA) is 43.4 Å². The molecule has 0 fully saturated rings. The molecular formula is C10H5F17O3S. The summed E-state index contributed by atoms with van der Waals surface area (Å²) in [6.07, 6.45) is -16.1. The molecule has 0 radical (unpaired) electrons. The van der Waals surface area contributed by atoms with Gasteiger partial charge in [-0.15, -0.1) is 0 Å². The fraction of sp³-hybridized carbons (Fsp3) is 1.00. The summed E-state index contributed by atoms with van der Waals surface area (Å²) in [6, 6.07) is 0. The van der Waals surface area contributed by atoms with Gasteiger partial charge in [0.2, 0.25) is 0 Å². The minimum absolute atomic E-state index is 2.77. The molecule has 0 aliphatic rings. The Morgan fingerprint density at radius 3 is 1.29 bits per heavy atom. The SMILES string of the molecule is O=S(=O)(OCCC(F)(F)C(F)(F)C(F)(F)C(F)(F)C(F)(F)C(F)(F)F)C(F)(F)C(F)F. The lowest BCUT2D eigenvalue weighted by atomic mass is 9.93. The van der Waals surface area contributed by atoms with Gasteiger partial charge < -0.3 is 0 Å². The highest BCUT2D eigenvalue weighted by Gasteiger charge is 2.90. The van der Waals surface area contributed by atoms with Crippen molar-refractivity contribution in [2.45, 2.75) is 53.9 Å². The van der Waals surface area contributed by atoms with Gasteiger partial charge in [0.15, 0.2) is 0 Å². The van der Waals surface area contributed by atoms with Crippen LogP contribution in [0.3, 0.4) is 0 Å². The third-order valence-corrected chi connectivity index (χ3v) is 4.56. The Balaban J connectivity index is 5.90. The molecule has 0 bridgehead atoms. The zero-order chi connectivity index (χ0) is 25.7. The largest absolute Gasteiger partial charge is 0.460 e. The summed E-state index contributed by atoms with van der Waals surface area (Å²) < 4.78 is 238. The molecule has 0 aliphatic heterocycles. The quantitative estimate of drug-likeness (QED) is 0.285. The normalized spacial score (nSPS) is 16.2. The summed E-state index contributed by atoms with van der Waals surface area (Å²) in [4.78, 5) is 0. The van der Waals surface area contributed by atoms with E-state index in [4.69, 9.17) is 0 Å². The number of halogens is 17. The Hall–Kier alpha value is -1.28. The Kier molecular flexibility index (Phi) is 7.61. The van der Waals surface area contributed by atoms with E-state index in [1.807, 2.05) is 0 Å². The first-order chi connectivity index (χ1) is 13.2. The average Bonchev–Trinajstić information content (AvgIpc) is 2.52. The molecule has 3 nitrogen and oxygen atoms in total. The maximum atomic E-state index is 13.2. The maximum absolute atomic E-state index is 13.2. The highest BCUT2D eigenvalue weighted by molar-refractivity contribution is 7.87. The minimum Gasteiger partial charge on any atom is -0.265 e. The van der Waals surface area contributed by atoms with E-state index in [1.54, 1.807) is 0 Å². The van der Waals surface area contributed by atoms with E-state index < -0.39 is 70.6 Å². The Morgan fingerprint density at radius 2 is 0.968 bits per heavy atom. The Morgan fingerprint density at radius 1 is 0.613 bits per heavy atom.